The fraction of sp³-hybridized carbons (Fsp3) is 0.0526. The normalized spacial score (nSPS) is 12.4. The number of nitrogens with one attached hydrogen (secondary N) is 1. The molecule has 4 heteroatoms. The van der Waals surface area contributed by atoms with Gasteiger partial charge in [-0.1, -0.05) is 36.4 Å². The van der Waals surface area contributed by atoms with Gasteiger partial charge in [0.05, 0.1) is 17.1 Å². The fourth-order valence-corrected chi connectivity index (χ4v) is 2.72. The van der Waals surface area contributed by atoms with Crippen LogP contribution in [0.15, 0.2) is 73.1 Å². The highest BCUT2D eigenvalue weighted by atomic mass is 15.0. The second kappa shape index (κ2) is 5.66. The second-order valence-corrected chi connectivity index (χ2v) is 5.48. The van der Waals surface area contributed by atoms with Gasteiger partial charge in [-0.05, 0) is 41.0 Å². The molecule has 1 unspecified atom stereocenters. The first-order valence-electron chi connectivity index (χ1n) is 7.52. The van der Waals surface area contributed by atoms with E-state index in [1.54, 1.807) is 12.4 Å². The van der Waals surface area contributed by atoms with Gasteiger partial charge < -0.3 is 10.7 Å². The summed E-state index contributed by atoms with van der Waals surface area (Å²) in [4.78, 5) is 12.0. The predicted octanol–water partition coefficient (Wildman–Crippen LogP) is 3.67. The third kappa shape index (κ3) is 2.60. The molecule has 0 radical (unpaired) electrons. The average molecular weight is 300 g/mol. The van der Waals surface area contributed by atoms with Crippen molar-refractivity contribution in [2.24, 2.45) is 5.73 Å². The van der Waals surface area contributed by atoms with E-state index in [9.17, 15) is 0 Å². The number of fused-ring (bicyclic) bond motifs is 1. The number of aromatic amines is 1. The molecule has 0 amide bonds. The monoisotopic (exact) mass is 300 g/mol. The summed E-state index contributed by atoms with van der Waals surface area (Å²) in [6.45, 7) is 0. The van der Waals surface area contributed by atoms with E-state index in [1.165, 1.54) is 5.56 Å². The van der Waals surface area contributed by atoms with Gasteiger partial charge in [0.15, 0.2) is 0 Å². The van der Waals surface area contributed by atoms with Gasteiger partial charge in [-0.15, -0.1) is 0 Å². The highest BCUT2D eigenvalue weighted by molar-refractivity contribution is 5.82. The van der Waals surface area contributed by atoms with Crippen LogP contribution in [0.2, 0.25) is 0 Å². The van der Waals surface area contributed by atoms with Crippen molar-refractivity contribution in [1.29, 1.82) is 0 Å². The van der Waals surface area contributed by atoms with Gasteiger partial charge in [0.2, 0.25) is 0 Å². The Morgan fingerprint density at radius 2 is 1.65 bits per heavy atom. The highest BCUT2D eigenvalue weighted by Crippen LogP contribution is 2.25. The van der Waals surface area contributed by atoms with Gasteiger partial charge in [-0.25, -0.2) is 4.98 Å². The minimum absolute atomic E-state index is 0.287. The van der Waals surface area contributed by atoms with Crippen molar-refractivity contribution in [3.63, 3.8) is 0 Å². The first-order valence-corrected chi connectivity index (χ1v) is 7.52. The van der Waals surface area contributed by atoms with Gasteiger partial charge in [0.1, 0.15) is 5.82 Å². The summed E-state index contributed by atoms with van der Waals surface area (Å²) >= 11 is 0. The molecule has 0 aliphatic heterocycles. The average Bonchev–Trinajstić information content (AvgIpc) is 3.06. The van der Waals surface area contributed by atoms with Crippen LogP contribution in [-0.2, 0) is 0 Å². The van der Waals surface area contributed by atoms with E-state index in [1.807, 2.05) is 36.4 Å². The van der Waals surface area contributed by atoms with E-state index in [0.29, 0.717) is 0 Å². The van der Waals surface area contributed by atoms with Crippen molar-refractivity contribution in [2.45, 2.75) is 6.04 Å². The van der Waals surface area contributed by atoms with Crippen LogP contribution >= 0.6 is 0 Å². The Morgan fingerprint density at radius 3 is 2.43 bits per heavy atom. The molecule has 4 aromatic rings. The smallest absolute Gasteiger partial charge is 0.128 e. The second-order valence-electron chi connectivity index (χ2n) is 5.48. The molecule has 0 fully saturated rings. The minimum Gasteiger partial charge on any atom is -0.340 e. The van der Waals surface area contributed by atoms with Crippen molar-refractivity contribution in [3.05, 3.63) is 84.4 Å². The first-order chi connectivity index (χ1) is 11.3. The summed E-state index contributed by atoms with van der Waals surface area (Å²) < 4.78 is 0. The zero-order chi connectivity index (χ0) is 15.6. The molecule has 3 N–H and O–H groups in total. The molecule has 0 aliphatic carbocycles. The molecule has 112 valence electrons. The van der Waals surface area contributed by atoms with Crippen molar-refractivity contribution < 1.29 is 0 Å². The van der Waals surface area contributed by atoms with Crippen molar-refractivity contribution in [2.75, 3.05) is 0 Å². The quantitative estimate of drug-likeness (QED) is 0.606. The van der Waals surface area contributed by atoms with Gasteiger partial charge in [0.25, 0.3) is 0 Å². The van der Waals surface area contributed by atoms with Crippen LogP contribution < -0.4 is 5.73 Å². The number of nitrogens with zero attached hydrogens (tertiary/aromatic N) is 2. The van der Waals surface area contributed by atoms with E-state index >= 15 is 0 Å². The third-order valence-corrected chi connectivity index (χ3v) is 3.97. The molecule has 2 heterocycles. The first kappa shape index (κ1) is 13.7. The Labute approximate surface area is 134 Å². The highest BCUT2D eigenvalue weighted by Gasteiger charge is 2.13. The van der Waals surface area contributed by atoms with Gasteiger partial charge in [0, 0.05) is 12.4 Å². The van der Waals surface area contributed by atoms with Crippen LogP contribution in [0.25, 0.3) is 22.2 Å². The zero-order valence-corrected chi connectivity index (χ0v) is 12.5. The topological polar surface area (TPSA) is 67.6 Å². The van der Waals surface area contributed by atoms with Crippen molar-refractivity contribution in [3.8, 4) is 11.1 Å². The maximum absolute atomic E-state index is 6.31. The molecule has 4 rings (SSSR count). The maximum atomic E-state index is 6.31. The predicted molar refractivity (Wildman–Crippen MR) is 91.8 cm³/mol. The van der Waals surface area contributed by atoms with Crippen LogP contribution in [0.1, 0.15) is 17.4 Å². The summed E-state index contributed by atoms with van der Waals surface area (Å²) in [5.74, 6) is 0.761. The third-order valence-electron chi connectivity index (χ3n) is 3.97. The molecule has 2 aromatic heterocycles. The van der Waals surface area contributed by atoms with E-state index in [2.05, 4.69) is 39.2 Å². The van der Waals surface area contributed by atoms with Gasteiger partial charge >= 0.3 is 0 Å². The van der Waals surface area contributed by atoms with Crippen LogP contribution in [0, 0.1) is 0 Å². The van der Waals surface area contributed by atoms with Crippen LogP contribution in [0.5, 0.6) is 0 Å². The van der Waals surface area contributed by atoms with Crippen LogP contribution in [0.3, 0.4) is 0 Å². The Bertz CT molecular complexity index is 929. The van der Waals surface area contributed by atoms with Crippen LogP contribution in [-0.4, -0.2) is 15.0 Å². The number of H-pyrrole nitrogens is 1. The standard InChI is InChI=1S/C19H16N4/c20-18(14-8-10-21-11-9-14)19-22-16-7-6-15(12-17(16)23-19)13-4-2-1-3-5-13/h1-12,18H,20H2,(H,22,23). The summed E-state index contributed by atoms with van der Waals surface area (Å²) in [6, 6.07) is 20.0. The Morgan fingerprint density at radius 1 is 0.870 bits per heavy atom. The van der Waals surface area contributed by atoms with E-state index in [0.717, 1.165) is 28.0 Å². The van der Waals surface area contributed by atoms with E-state index in [-0.39, 0.29) is 6.04 Å². The number of aromatic nitrogens is 3. The minimum atomic E-state index is -0.287. The molecule has 23 heavy (non-hydrogen) atoms. The molecule has 0 aliphatic rings. The Balaban J connectivity index is 1.74. The fourth-order valence-electron chi connectivity index (χ4n) is 2.72. The SMILES string of the molecule is NC(c1ccncc1)c1nc2ccc(-c3ccccc3)cc2[nH]1. The van der Waals surface area contributed by atoms with E-state index in [4.69, 9.17) is 5.73 Å². The lowest BCUT2D eigenvalue weighted by atomic mass is 10.1. The molecule has 1 atom stereocenters. The molecule has 0 saturated carbocycles. The van der Waals surface area contributed by atoms with E-state index < -0.39 is 0 Å². The lowest BCUT2D eigenvalue weighted by molar-refractivity contribution is 0.803. The van der Waals surface area contributed by atoms with Crippen LogP contribution in [0.4, 0.5) is 0 Å². The molecule has 4 nitrogen and oxygen atoms in total. The lowest BCUT2D eigenvalue weighted by Crippen LogP contribution is -2.13. The van der Waals surface area contributed by atoms with Crippen molar-refractivity contribution in [1.82, 2.24) is 15.0 Å². The Hall–Kier alpha value is -2.98. The van der Waals surface area contributed by atoms with Gasteiger partial charge in [-0.2, -0.15) is 0 Å². The Kier molecular flexibility index (Phi) is 3.37. The number of benzene rings is 2. The summed E-state index contributed by atoms with van der Waals surface area (Å²) in [6.07, 6.45) is 3.48. The number of nitrogens with two attached hydrogens (primary N) is 1. The molecule has 0 bridgehead atoms. The molecule has 0 saturated heterocycles. The summed E-state index contributed by atoms with van der Waals surface area (Å²) in [5, 5.41) is 0. The number of rotatable bonds is 3. The molecule has 0 spiro atoms. The maximum Gasteiger partial charge on any atom is 0.128 e. The van der Waals surface area contributed by atoms with Gasteiger partial charge in [-0.3, -0.25) is 4.98 Å². The number of imidazole rings is 1. The number of hydrogen-bond donors (Lipinski definition) is 2. The lowest BCUT2D eigenvalue weighted by Gasteiger charge is -2.07. The number of hydrogen-bond acceptors (Lipinski definition) is 3. The zero-order valence-electron chi connectivity index (χ0n) is 12.5. The largest absolute Gasteiger partial charge is 0.340 e. The summed E-state index contributed by atoms with van der Waals surface area (Å²) in [5.41, 5.74) is 11.6. The molecule has 2 aromatic carbocycles. The molecular formula is C19H16N4. The number of pyridine rings is 1. The molecular weight excluding hydrogens is 284 g/mol. The summed E-state index contributed by atoms with van der Waals surface area (Å²) in [7, 11) is 0. The van der Waals surface area contributed by atoms with Crippen molar-refractivity contribution >= 4 is 11.0 Å².